The van der Waals surface area contributed by atoms with Gasteiger partial charge in [0, 0.05) is 41.2 Å². The van der Waals surface area contributed by atoms with Gasteiger partial charge in [0.2, 0.25) is 15.9 Å². The van der Waals surface area contributed by atoms with Crippen molar-refractivity contribution < 1.29 is 27.9 Å². The van der Waals surface area contributed by atoms with Gasteiger partial charge in [-0.25, -0.2) is 13.2 Å². The summed E-state index contributed by atoms with van der Waals surface area (Å²) in [7, 11) is -4.24. The second kappa shape index (κ2) is 15.2. The number of hydrogen-bond acceptors (Lipinski definition) is 8. The number of halogens is 2. The lowest BCUT2D eigenvalue weighted by Crippen LogP contribution is -2.51. The van der Waals surface area contributed by atoms with Gasteiger partial charge < -0.3 is 15.7 Å². The maximum absolute atomic E-state index is 13.8. The fourth-order valence-electron chi connectivity index (χ4n) is 5.16. The number of nitrogens with one attached hydrogen (secondary N) is 2. The molecule has 246 valence electrons. The van der Waals surface area contributed by atoms with Crippen LogP contribution in [0.2, 0.25) is 10.0 Å². The van der Waals surface area contributed by atoms with Crippen molar-refractivity contribution in [1.29, 1.82) is 5.26 Å². The standard InChI is InChI=1S/C33H27Cl2N5O6S2/c34-26-17-37-18-27(35)30(26)32(42)38-22-11-9-20(10-12-22)14-28(33(43)44)39-31(41)29-15-24(47-23-6-2-1-3-7-23)19-40(29)48(45,46)25-8-4-5-21(13-25)16-36/h1-13,17-18,24,28-29H,14-15,19H2,(H,38,42)(H,39,41)(H,43,44)/t24-,28+,29+/m1/s1. The molecule has 15 heteroatoms. The first-order chi connectivity index (χ1) is 23.0. The molecule has 1 aromatic heterocycles. The lowest BCUT2D eigenvalue weighted by molar-refractivity contribution is -0.142. The van der Waals surface area contributed by atoms with Gasteiger partial charge in [0.05, 0.1) is 32.1 Å². The van der Waals surface area contributed by atoms with Gasteiger partial charge in [0.1, 0.15) is 12.1 Å². The third kappa shape index (κ3) is 8.15. The minimum Gasteiger partial charge on any atom is -0.480 e. The van der Waals surface area contributed by atoms with Gasteiger partial charge in [-0.2, -0.15) is 9.57 Å². The van der Waals surface area contributed by atoms with Gasteiger partial charge in [-0.05, 0) is 54.4 Å². The Morgan fingerprint density at radius 2 is 1.71 bits per heavy atom. The number of rotatable bonds is 11. The van der Waals surface area contributed by atoms with E-state index >= 15 is 0 Å². The van der Waals surface area contributed by atoms with Crippen LogP contribution in [0, 0.1) is 11.3 Å². The molecule has 0 unspecified atom stereocenters. The molecule has 2 amide bonds. The molecule has 5 rings (SSSR count). The van der Waals surface area contributed by atoms with Crippen LogP contribution in [0.4, 0.5) is 5.69 Å². The lowest BCUT2D eigenvalue weighted by atomic mass is 10.0. The number of anilines is 1. The summed E-state index contributed by atoms with van der Waals surface area (Å²) in [6.07, 6.45) is 2.60. The molecular formula is C33H27Cl2N5O6S2. The normalized spacial score (nSPS) is 16.9. The molecule has 0 bridgehead atoms. The number of aliphatic carboxylic acids is 1. The largest absolute Gasteiger partial charge is 0.480 e. The van der Waals surface area contributed by atoms with Crippen LogP contribution in [0.15, 0.2) is 101 Å². The van der Waals surface area contributed by atoms with Crippen molar-refractivity contribution >= 4 is 68.5 Å². The van der Waals surface area contributed by atoms with Crippen molar-refractivity contribution in [2.24, 2.45) is 0 Å². The summed E-state index contributed by atoms with van der Waals surface area (Å²) in [5, 5.41) is 24.4. The maximum atomic E-state index is 13.8. The zero-order valence-electron chi connectivity index (χ0n) is 24.9. The van der Waals surface area contributed by atoms with Gasteiger partial charge in [-0.1, -0.05) is 59.6 Å². The van der Waals surface area contributed by atoms with Gasteiger partial charge in [0.25, 0.3) is 5.91 Å². The smallest absolute Gasteiger partial charge is 0.326 e. The molecule has 3 N–H and O–H groups in total. The highest BCUT2D eigenvalue weighted by molar-refractivity contribution is 8.00. The van der Waals surface area contributed by atoms with Crippen molar-refractivity contribution in [2.45, 2.75) is 40.0 Å². The summed E-state index contributed by atoms with van der Waals surface area (Å²) in [5.74, 6) is -2.63. The number of thioether (sulfide) groups is 1. The molecule has 4 aromatic rings. The highest BCUT2D eigenvalue weighted by Crippen LogP contribution is 2.36. The average Bonchev–Trinajstić information content (AvgIpc) is 3.50. The number of amides is 2. The van der Waals surface area contributed by atoms with Gasteiger partial charge in [-0.15, -0.1) is 11.8 Å². The van der Waals surface area contributed by atoms with Crippen LogP contribution in [-0.4, -0.2) is 64.5 Å². The molecule has 11 nitrogen and oxygen atoms in total. The maximum Gasteiger partial charge on any atom is 0.326 e. The minimum absolute atomic E-state index is 0.00238. The minimum atomic E-state index is -4.24. The predicted octanol–water partition coefficient (Wildman–Crippen LogP) is 5.25. The van der Waals surface area contributed by atoms with E-state index in [9.17, 15) is 33.2 Å². The Bertz CT molecular complexity index is 1970. The zero-order chi connectivity index (χ0) is 34.4. The van der Waals surface area contributed by atoms with Crippen LogP contribution in [0.3, 0.4) is 0 Å². The van der Waals surface area contributed by atoms with E-state index in [1.807, 2.05) is 36.4 Å². The first-order valence-corrected chi connectivity index (χ1v) is 17.5. The number of nitrogens with zero attached hydrogens (tertiary/aromatic N) is 3. The summed E-state index contributed by atoms with van der Waals surface area (Å²) >= 11 is 13.6. The molecule has 3 atom stereocenters. The number of sulfonamides is 1. The number of carboxylic acids is 1. The van der Waals surface area contributed by atoms with Crippen LogP contribution in [0.25, 0.3) is 0 Å². The van der Waals surface area contributed by atoms with Crippen molar-refractivity contribution in [3.63, 3.8) is 0 Å². The SMILES string of the molecule is N#Cc1cccc(S(=O)(=O)N2C[C@H](Sc3ccccc3)C[C@H]2C(=O)N[C@@H](Cc2ccc(NC(=O)c3c(Cl)cncc3Cl)cc2)C(=O)O)c1. The molecule has 1 aliphatic rings. The number of aromatic nitrogens is 1. The van der Waals surface area contributed by atoms with E-state index in [1.165, 1.54) is 48.4 Å². The van der Waals surface area contributed by atoms with E-state index in [4.69, 9.17) is 23.2 Å². The molecule has 1 fully saturated rings. The van der Waals surface area contributed by atoms with E-state index < -0.39 is 39.9 Å². The van der Waals surface area contributed by atoms with Crippen molar-refractivity contribution in [3.8, 4) is 6.07 Å². The zero-order valence-corrected chi connectivity index (χ0v) is 28.1. The van der Waals surface area contributed by atoms with E-state index in [2.05, 4.69) is 15.6 Å². The third-order valence-electron chi connectivity index (χ3n) is 7.48. The van der Waals surface area contributed by atoms with Gasteiger partial charge in [0.15, 0.2) is 0 Å². The lowest BCUT2D eigenvalue weighted by Gasteiger charge is -2.25. The molecular weight excluding hydrogens is 697 g/mol. The van der Waals surface area contributed by atoms with Crippen LogP contribution in [0.5, 0.6) is 0 Å². The Kier molecular flexibility index (Phi) is 11.0. The molecule has 3 aromatic carbocycles. The average molecular weight is 725 g/mol. The Morgan fingerprint density at radius 1 is 1.02 bits per heavy atom. The van der Waals surface area contributed by atoms with E-state index in [0.717, 1.165) is 9.20 Å². The van der Waals surface area contributed by atoms with Gasteiger partial charge in [-0.3, -0.25) is 14.6 Å². The summed E-state index contributed by atoms with van der Waals surface area (Å²) in [4.78, 5) is 43.3. The van der Waals surface area contributed by atoms with Crippen LogP contribution in [-0.2, 0) is 26.0 Å². The molecule has 48 heavy (non-hydrogen) atoms. The number of pyridine rings is 1. The highest BCUT2D eigenvalue weighted by Gasteiger charge is 2.45. The first kappa shape index (κ1) is 34.9. The number of carbonyl (C=O) groups excluding carboxylic acids is 2. The fourth-order valence-corrected chi connectivity index (χ4v) is 8.69. The predicted molar refractivity (Wildman–Crippen MR) is 181 cm³/mol. The Morgan fingerprint density at radius 3 is 2.35 bits per heavy atom. The van der Waals surface area contributed by atoms with Crippen molar-refractivity contribution in [1.82, 2.24) is 14.6 Å². The Balaban J connectivity index is 1.32. The Hall–Kier alpha value is -4.45. The molecule has 1 aliphatic heterocycles. The van der Waals surface area contributed by atoms with Crippen LogP contribution >= 0.6 is 35.0 Å². The van der Waals surface area contributed by atoms with Crippen LogP contribution in [0.1, 0.15) is 27.9 Å². The number of benzene rings is 3. The van der Waals surface area contributed by atoms with Crippen molar-refractivity contribution in [3.05, 3.63) is 118 Å². The third-order valence-corrected chi connectivity index (χ3v) is 11.1. The van der Waals surface area contributed by atoms with Gasteiger partial charge >= 0.3 is 5.97 Å². The number of carbonyl (C=O) groups is 3. The topological polar surface area (TPSA) is 170 Å². The first-order valence-electron chi connectivity index (χ1n) is 14.4. The summed E-state index contributed by atoms with van der Waals surface area (Å²) in [6, 6.07) is 20.5. The van der Waals surface area contributed by atoms with Crippen molar-refractivity contribution in [2.75, 3.05) is 11.9 Å². The molecule has 0 radical (unpaired) electrons. The van der Waals surface area contributed by atoms with E-state index in [0.29, 0.717) is 11.3 Å². The molecule has 1 saturated heterocycles. The van der Waals surface area contributed by atoms with E-state index in [-0.39, 0.29) is 50.7 Å². The van der Waals surface area contributed by atoms with E-state index in [1.54, 1.807) is 24.3 Å². The molecule has 0 spiro atoms. The highest BCUT2D eigenvalue weighted by atomic mass is 35.5. The summed E-state index contributed by atoms with van der Waals surface area (Å²) < 4.78 is 28.7. The summed E-state index contributed by atoms with van der Waals surface area (Å²) in [5.41, 5.74) is 1.12. The monoisotopic (exact) mass is 723 g/mol. The number of nitriles is 1. The number of carboxylic acid groups (broad SMARTS) is 1. The quantitative estimate of drug-likeness (QED) is 0.187. The fraction of sp³-hybridized carbons (Fsp3) is 0.182. The summed E-state index contributed by atoms with van der Waals surface area (Å²) in [6.45, 7) is -0.00238. The Labute approximate surface area is 290 Å². The molecule has 0 aliphatic carbocycles. The second-order valence-corrected chi connectivity index (χ2v) is 14.8. The van der Waals surface area contributed by atoms with Crippen LogP contribution < -0.4 is 10.6 Å². The molecule has 0 saturated carbocycles. The second-order valence-electron chi connectivity index (χ2n) is 10.8. The number of hydrogen-bond donors (Lipinski definition) is 3. The molecule has 2 heterocycles.